The SMILES string of the molecule is CCCCCCCCCCCCCCC/C=C/c1cc(Br)cc(Br)c1O. The number of benzene rings is 1. The van der Waals surface area contributed by atoms with Crippen LogP contribution in [0.1, 0.15) is 102 Å². The van der Waals surface area contributed by atoms with Crippen LogP contribution in [0.5, 0.6) is 5.75 Å². The van der Waals surface area contributed by atoms with Crippen LogP contribution in [-0.4, -0.2) is 5.11 Å². The van der Waals surface area contributed by atoms with E-state index in [1.54, 1.807) is 0 Å². The second-order valence-corrected chi connectivity index (χ2v) is 9.03. The van der Waals surface area contributed by atoms with Gasteiger partial charge in [-0.05, 0) is 40.9 Å². The van der Waals surface area contributed by atoms with Crippen molar-refractivity contribution in [2.24, 2.45) is 0 Å². The van der Waals surface area contributed by atoms with Gasteiger partial charge in [-0.1, -0.05) is 112 Å². The minimum atomic E-state index is 0.315. The van der Waals surface area contributed by atoms with E-state index in [-0.39, 0.29) is 0 Å². The van der Waals surface area contributed by atoms with E-state index in [4.69, 9.17) is 0 Å². The molecule has 1 aromatic rings. The predicted octanol–water partition coefficient (Wildman–Crippen LogP) is 9.41. The minimum absolute atomic E-state index is 0.315. The van der Waals surface area contributed by atoms with Crippen LogP contribution in [0.3, 0.4) is 0 Å². The highest BCUT2D eigenvalue weighted by atomic mass is 79.9. The molecule has 0 bridgehead atoms. The van der Waals surface area contributed by atoms with E-state index in [1.807, 2.05) is 18.2 Å². The molecule has 3 heteroatoms. The summed E-state index contributed by atoms with van der Waals surface area (Å²) in [7, 11) is 0. The van der Waals surface area contributed by atoms with Crippen molar-refractivity contribution in [1.82, 2.24) is 0 Å². The standard InChI is InChI=1S/C23H36Br2O/c1-2-3-4-5-6-7-8-9-10-11-12-13-14-15-16-17-20-18-21(24)19-22(25)23(20)26/h16-19,26H,2-15H2,1H3/b17-16+. The second kappa shape index (κ2) is 15.7. The van der Waals surface area contributed by atoms with Crippen molar-refractivity contribution in [3.63, 3.8) is 0 Å². The van der Waals surface area contributed by atoms with Gasteiger partial charge in [0.25, 0.3) is 0 Å². The number of allylic oxidation sites excluding steroid dienone is 1. The molecule has 0 unspecified atom stereocenters. The van der Waals surface area contributed by atoms with Crippen LogP contribution in [0.25, 0.3) is 6.08 Å². The largest absolute Gasteiger partial charge is 0.506 e. The summed E-state index contributed by atoms with van der Waals surface area (Å²) in [6.07, 6.45) is 23.4. The molecule has 0 fully saturated rings. The van der Waals surface area contributed by atoms with E-state index in [9.17, 15) is 5.11 Å². The Morgan fingerprint density at radius 2 is 1.27 bits per heavy atom. The summed E-state index contributed by atoms with van der Waals surface area (Å²) in [5.41, 5.74) is 0.862. The van der Waals surface area contributed by atoms with E-state index in [2.05, 4.69) is 44.9 Å². The Balaban J connectivity index is 1.95. The molecule has 1 N–H and O–H groups in total. The highest BCUT2D eigenvalue weighted by Crippen LogP contribution is 2.32. The summed E-state index contributed by atoms with van der Waals surface area (Å²) in [5, 5.41) is 10.0. The fourth-order valence-electron chi connectivity index (χ4n) is 3.20. The van der Waals surface area contributed by atoms with Gasteiger partial charge < -0.3 is 5.11 Å². The van der Waals surface area contributed by atoms with E-state index >= 15 is 0 Å². The van der Waals surface area contributed by atoms with Crippen molar-refractivity contribution in [2.45, 2.75) is 96.8 Å². The first-order valence-electron chi connectivity index (χ1n) is 10.5. The molecule has 0 saturated carbocycles. The van der Waals surface area contributed by atoms with Crippen LogP contribution >= 0.6 is 31.9 Å². The number of unbranched alkanes of at least 4 members (excludes halogenated alkanes) is 13. The first-order valence-corrected chi connectivity index (χ1v) is 12.1. The highest BCUT2D eigenvalue weighted by Gasteiger charge is 2.04. The molecule has 0 atom stereocenters. The lowest BCUT2D eigenvalue weighted by molar-refractivity contribution is 0.470. The van der Waals surface area contributed by atoms with Crippen LogP contribution < -0.4 is 0 Å². The Kier molecular flexibility index (Phi) is 14.4. The summed E-state index contributed by atoms with van der Waals surface area (Å²) >= 11 is 6.83. The van der Waals surface area contributed by atoms with Gasteiger partial charge in [0.2, 0.25) is 0 Å². The smallest absolute Gasteiger partial charge is 0.137 e. The first-order chi connectivity index (χ1) is 12.6. The van der Waals surface area contributed by atoms with Crippen molar-refractivity contribution >= 4 is 37.9 Å². The minimum Gasteiger partial charge on any atom is -0.506 e. The maximum Gasteiger partial charge on any atom is 0.137 e. The molecule has 26 heavy (non-hydrogen) atoms. The van der Waals surface area contributed by atoms with E-state index in [1.165, 1.54) is 83.5 Å². The molecule has 1 aromatic carbocycles. The lowest BCUT2D eigenvalue weighted by Gasteiger charge is -2.03. The fraction of sp³-hybridized carbons (Fsp3) is 0.652. The zero-order valence-corrected chi connectivity index (χ0v) is 19.6. The van der Waals surface area contributed by atoms with Crippen molar-refractivity contribution < 1.29 is 5.11 Å². The zero-order valence-electron chi connectivity index (χ0n) is 16.4. The van der Waals surface area contributed by atoms with Crippen molar-refractivity contribution in [1.29, 1.82) is 0 Å². The Morgan fingerprint density at radius 3 is 1.81 bits per heavy atom. The number of halogens is 2. The molecule has 0 spiro atoms. The average molecular weight is 488 g/mol. The summed E-state index contributed by atoms with van der Waals surface area (Å²) < 4.78 is 1.70. The number of rotatable bonds is 15. The molecular weight excluding hydrogens is 452 g/mol. The maximum atomic E-state index is 10.0. The van der Waals surface area contributed by atoms with Gasteiger partial charge in [-0.25, -0.2) is 0 Å². The average Bonchev–Trinajstić information content (AvgIpc) is 2.62. The molecule has 0 aliphatic carbocycles. The van der Waals surface area contributed by atoms with Crippen molar-refractivity contribution in [3.8, 4) is 5.75 Å². The van der Waals surface area contributed by atoms with Crippen LogP contribution in [0.2, 0.25) is 0 Å². The molecule has 0 aliphatic heterocycles. The number of phenolic OH excluding ortho intramolecular Hbond substituents is 1. The normalized spacial score (nSPS) is 11.5. The maximum absolute atomic E-state index is 10.0. The summed E-state index contributed by atoms with van der Waals surface area (Å²) in [4.78, 5) is 0. The number of hydrogen-bond donors (Lipinski definition) is 1. The zero-order chi connectivity index (χ0) is 19.0. The molecule has 1 nitrogen and oxygen atoms in total. The first kappa shape index (κ1) is 23.8. The Bertz CT molecular complexity index is 511. The molecule has 0 saturated heterocycles. The molecule has 0 heterocycles. The third-order valence-corrected chi connectivity index (χ3v) is 5.89. The van der Waals surface area contributed by atoms with Gasteiger partial charge in [0.15, 0.2) is 0 Å². The summed E-state index contributed by atoms with van der Waals surface area (Å²) in [6.45, 7) is 2.28. The lowest BCUT2D eigenvalue weighted by Crippen LogP contribution is -1.83. The van der Waals surface area contributed by atoms with Crippen LogP contribution in [-0.2, 0) is 0 Å². The van der Waals surface area contributed by atoms with E-state index in [0.29, 0.717) is 5.75 Å². The Labute approximate surface area is 177 Å². The van der Waals surface area contributed by atoms with Crippen molar-refractivity contribution in [2.75, 3.05) is 0 Å². The molecule has 0 radical (unpaired) electrons. The number of hydrogen-bond acceptors (Lipinski definition) is 1. The highest BCUT2D eigenvalue weighted by molar-refractivity contribution is 9.11. The van der Waals surface area contributed by atoms with Gasteiger partial charge in [-0.3, -0.25) is 0 Å². The van der Waals surface area contributed by atoms with Gasteiger partial charge in [-0.2, -0.15) is 0 Å². The van der Waals surface area contributed by atoms with Crippen LogP contribution in [0.15, 0.2) is 27.2 Å². The predicted molar refractivity (Wildman–Crippen MR) is 123 cm³/mol. The molecule has 0 aromatic heterocycles. The fourth-order valence-corrected chi connectivity index (χ4v) is 4.46. The number of phenols is 1. The molecule has 148 valence electrons. The number of aromatic hydroxyl groups is 1. The van der Waals surface area contributed by atoms with Gasteiger partial charge in [-0.15, -0.1) is 0 Å². The van der Waals surface area contributed by atoms with Crippen LogP contribution in [0.4, 0.5) is 0 Å². The molecule has 1 rings (SSSR count). The molecule has 0 aliphatic rings. The summed E-state index contributed by atoms with van der Waals surface area (Å²) in [6, 6.07) is 3.81. The monoisotopic (exact) mass is 486 g/mol. The third-order valence-electron chi connectivity index (χ3n) is 4.83. The van der Waals surface area contributed by atoms with Crippen LogP contribution in [0, 0.1) is 0 Å². The summed E-state index contributed by atoms with van der Waals surface area (Å²) in [5.74, 6) is 0.315. The van der Waals surface area contributed by atoms with Crippen molar-refractivity contribution in [3.05, 3.63) is 32.7 Å². The third kappa shape index (κ3) is 11.4. The van der Waals surface area contributed by atoms with Gasteiger partial charge in [0, 0.05) is 10.0 Å². The molecule has 0 amide bonds. The Hall–Kier alpha value is -0.280. The Morgan fingerprint density at radius 1 is 0.769 bits per heavy atom. The quantitative estimate of drug-likeness (QED) is 0.244. The van der Waals surface area contributed by atoms with E-state index < -0.39 is 0 Å². The van der Waals surface area contributed by atoms with Gasteiger partial charge in [0.1, 0.15) is 5.75 Å². The van der Waals surface area contributed by atoms with Gasteiger partial charge in [0.05, 0.1) is 4.47 Å². The lowest BCUT2D eigenvalue weighted by atomic mass is 10.0. The van der Waals surface area contributed by atoms with Gasteiger partial charge >= 0.3 is 0 Å². The topological polar surface area (TPSA) is 20.2 Å². The van der Waals surface area contributed by atoms with E-state index in [0.717, 1.165) is 20.9 Å². The second-order valence-electron chi connectivity index (χ2n) is 7.26. The molecular formula is C23H36Br2O.